The fourth-order valence-corrected chi connectivity index (χ4v) is 4.52. The average molecular weight is 512 g/mol. The van der Waals surface area contributed by atoms with Gasteiger partial charge < -0.3 is 10.1 Å². The Morgan fingerprint density at radius 1 is 0.769 bits per heavy atom. The highest BCUT2D eigenvalue weighted by Gasteiger charge is 2.11. The summed E-state index contributed by atoms with van der Waals surface area (Å²) in [6.07, 6.45) is 1.54. The van der Waals surface area contributed by atoms with Crippen LogP contribution < -0.4 is 15.6 Å². The Labute approximate surface area is 225 Å². The summed E-state index contributed by atoms with van der Waals surface area (Å²) in [6, 6.07) is 36.4. The molecule has 0 aliphatic rings. The maximum atomic E-state index is 13.2. The quantitative estimate of drug-likeness (QED) is 0.268. The lowest BCUT2D eigenvalue weighted by Crippen LogP contribution is -2.21. The Morgan fingerprint density at radius 2 is 1.54 bits per heavy atom. The Bertz CT molecular complexity index is 1850. The van der Waals surface area contributed by atoms with Crippen LogP contribution in [0.15, 0.2) is 126 Å². The molecule has 0 bridgehead atoms. The molecule has 0 saturated carbocycles. The number of hydrogen-bond acceptors (Lipinski definition) is 4. The zero-order chi connectivity index (χ0) is 26.6. The number of benzene rings is 5. The maximum Gasteiger partial charge on any atom is 0.261 e. The number of rotatable bonds is 7. The van der Waals surface area contributed by atoms with Crippen LogP contribution in [0.25, 0.3) is 21.7 Å². The van der Waals surface area contributed by atoms with Gasteiger partial charge in [-0.2, -0.15) is 0 Å². The van der Waals surface area contributed by atoms with Gasteiger partial charge in [-0.1, -0.05) is 66.7 Å². The van der Waals surface area contributed by atoms with Crippen molar-refractivity contribution in [1.82, 2.24) is 9.55 Å². The molecule has 5 aromatic carbocycles. The first-order valence-corrected chi connectivity index (χ1v) is 12.7. The first-order chi connectivity index (χ1) is 19.1. The molecule has 0 aliphatic heterocycles. The molecule has 1 amide bonds. The number of aromatic nitrogens is 2. The highest BCUT2D eigenvalue weighted by molar-refractivity contribution is 6.06. The van der Waals surface area contributed by atoms with Gasteiger partial charge in [0.1, 0.15) is 12.4 Å². The van der Waals surface area contributed by atoms with Crippen molar-refractivity contribution in [3.05, 3.63) is 149 Å². The molecule has 1 heterocycles. The molecule has 39 heavy (non-hydrogen) atoms. The monoisotopic (exact) mass is 511 g/mol. The molecular formula is C33H25N3O3. The Balaban J connectivity index is 1.14. The first-order valence-electron chi connectivity index (χ1n) is 12.7. The number of nitrogens with zero attached hydrogens (tertiary/aromatic N) is 2. The molecule has 1 N–H and O–H groups in total. The minimum atomic E-state index is -0.281. The Morgan fingerprint density at radius 3 is 2.36 bits per heavy atom. The van der Waals surface area contributed by atoms with Crippen molar-refractivity contribution in [3.63, 3.8) is 0 Å². The molecule has 190 valence electrons. The summed E-state index contributed by atoms with van der Waals surface area (Å²) in [5, 5.41) is 5.64. The number of hydrogen-bond donors (Lipinski definition) is 1. The predicted octanol–water partition coefficient (Wildman–Crippen LogP) is 6.43. The van der Waals surface area contributed by atoms with Gasteiger partial charge in [-0.15, -0.1) is 0 Å². The van der Waals surface area contributed by atoms with E-state index in [1.165, 1.54) is 6.33 Å². The number of amides is 1. The van der Waals surface area contributed by atoms with Crippen LogP contribution in [0.5, 0.6) is 5.75 Å². The molecule has 6 rings (SSSR count). The summed E-state index contributed by atoms with van der Waals surface area (Å²) in [5.41, 5.74) is 3.50. The van der Waals surface area contributed by atoms with Crippen LogP contribution in [0.3, 0.4) is 0 Å². The summed E-state index contributed by atoms with van der Waals surface area (Å²) in [6.45, 7) is 0.889. The molecule has 0 unspecified atom stereocenters. The van der Waals surface area contributed by atoms with Gasteiger partial charge in [0.2, 0.25) is 0 Å². The summed E-state index contributed by atoms with van der Waals surface area (Å²) in [7, 11) is 0. The summed E-state index contributed by atoms with van der Waals surface area (Å²) in [5.74, 6) is 0.434. The second-order valence-electron chi connectivity index (χ2n) is 9.34. The second-order valence-corrected chi connectivity index (χ2v) is 9.34. The molecule has 0 aliphatic carbocycles. The highest BCUT2D eigenvalue weighted by Crippen LogP contribution is 2.19. The standard InChI is InChI=1S/C33H25N3O3/c37-32(35-28-13-15-29(16-14-28)39-21-23-6-2-1-3-7-23)27-12-17-30-31(19-27)34-22-36(33(30)38)20-24-10-11-25-8-4-5-9-26(25)18-24/h1-19,22H,20-21H2,(H,35,37). The number of fused-ring (bicyclic) bond motifs is 2. The van der Waals surface area contributed by atoms with Gasteiger partial charge in [0.05, 0.1) is 23.8 Å². The van der Waals surface area contributed by atoms with Gasteiger partial charge in [-0.3, -0.25) is 14.2 Å². The molecule has 0 spiro atoms. The zero-order valence-corrected chi connectivity index (χ0v) is 21.1. The second kappa shape index (κ2) is 10.6. The van der Waals surface area contributed by atoms with Crippen molar-refractivity contribution in [2.45, 2.75) is 13.2 Å². The fraction of sp³-hybridized carbons (Fsp3) is 0.0606. The van der Waals surface area contributed by atoms with E-state index in [4.69, 9.17) is 4.74 Å². The van der Waals surface area contributed by atoms with Gasteiger partial charge in [0.25, 0.3) is 11.5 Å². The minimum absolute atomic E-state index is 0.147. The molecule has 6 heteroatoms. The van der Waals surface area contributed by atoms with Gasteiger partial charge in [-0.05, 0) is 70.4 Å². The zero-order valence-electron chi connectivity index (χ0n) is 21.1. The number of anilines is 1. The van der Waals surface area contributed by atoms with E-state index in [9.17, 15) is 9.59 Å². The van der Waals surface area contributed by atoms with Gasteiger partial charge in [0.15, 0.2) is 0 Å². The first kappa shape index (κ1) is 24.1. The van der Waals surface area contributed by atoms with Gasteiger partial charge >= 0.3 is 0 Å². The third kappa shape index (κ3) is 5.40. The van der Waals surface area contributed by atoms with Crippen LogP contribution in [0.4, 0.5) is 5.69 Å². The van der Waals surface area contributed by atoms with E-state index >= 15 is 0 Å². The SMILES string of the molecule is O=C(Nc1ccc(OCc2ccccc2)cc1)c1ccc2c(=O)n(Cc3ccc4ccccc4c3)cnc2c1. The van der Waals surface area contributed by atoms with Crippen molar-refractivity contribution in [2.75, 3.05) is 5.32 Å². The smallest absolute Gasteiger partial charge is 0.261 e. The van der Waals surface area contributed by atoms with E-state index in [-0.39, 0.29) is 11.5 Å². The molecule has 0 saturated heterocycles. The lowest BCUT2D eigenvalue weighted by molar-refractivity contribution is 0.102. The van der Waals surface area contributed by atoms with Crippen LogP contribution in [0.2, 0.25) is 0 Å². The average Bonchev–Trinajstić information content (AvgIpc) is 2.98. The summed E-state index contributed by atoms with van der Waals surface area (Å²) < 4.78 is 7.40. The molecular weight excluding hydrogens is 486 g/mol. The van der Waals surface area contributed by atoms with Crippen LogP contribution in [0, 0.1) is 0 Å². The lowest BCUT2D eigenvalue weighted by atomic mass is 10.1. The molecule has 0 atom stereocenters. The largest absolute Gasteiger partial charge is 0.489 e. The molecule has 0 fully saturated rings. The topological polar surface area (TPSA) is 73.2 Å². The number of nitrogens with one attached hydrogen (secondary N) is 1. The normalized spacial score (nSPS) is 11.0. The number of carbonyl (C=O) groups excluding carboxylic acids is 1. The highest BCUT2D eigenvalue weighted by atomic mass is 16.5. The van der Waals surface area contributed by atoms with E-state index in [0.717, 1.165) is 21.9 Å². The summed E-state index contributed by atoms with van der Waals surface area (Å²) in [4.78, 5) is 30.5. The van der Waals surface area contributed by atoms with Crippen molar-refractivity contribution in [2.24, 2.45) is 0 Å². The maximum absolute atomic E-state index is 13.2. The van der Waals surface area contributed by atoms with Crippen LogP contribution >= 0.6 is 0 Å². The van der Waals surface area contributed by atoms with E-state index in [0.29, 0.717) is 41.1 Å². The van der Waals surface area contributed by atoms with Crippen molar-refractivity contribution >= 4 is 33.3 Å². The molecule has 6 nitrogen and oxygen atoms in total. The third-order valence-corrected chi connectivity index (χ3v) is 6.61. The van der Waals surface area contributed by atoms with Crippen molar-refractivity contribution in [3.8, 4) is 5.75 Å². The minimum Gasteiger partial charge on any atom is -0.489 e. The van der Waals surface area contributed by atoms with E-state index in [1.54, 1.807) is 34.9 Å². The molecule has 0 radical (unpaired) electrons. The van der Waals surface area contributed by atoms with Gasteiger partial charge in [-0.25, -0.2) is 4.98 Å². The third-order valence-electron chi connectivity index (χ3n) is 6.61. The van der Waals surface area contributed by atoms with Crippen LogP contribution in [-0.2, 0) is 13.2 Å². The van der Waals surface area contributed by atoms with Crippen molar-refractivity contribution in [1.29, 1.82) is 0 Å². The summed E-state index contributed by atoms with van der Waals surface area (Å²) >= 11 is 0. The molecule has 1 aromatic heterocycles. The Hall–Kier alpha value is -5.23. The van der Waals surface area contributed by atoms with E-state index in [2.05, 4.69) is 34.6 Å². The fourth-order valence-electron chi connectivity index (χ4n) is 4.52. The lowest BCUT2D eigenvalue weighted by Gasteiger charge is -2.10. The number of carbonyl (C=O) groups is 1. The van der Waals surface area contributed by atoms with Crippen LogP contribution in [0.1, 0.15) is 21.5 Å². The molecule has 6 aromatic rings. The predicted molar refractivity (Wildman–Crippen MR) is 154 cm³/mol. The van der Waals surface area contributed by atoms with E-state index in [1.807, 2.05) is 60.7 Å². The van der Waals surface area contributed by atoms with Crippen LogP contribution in [-0.4, -0.2) is 15.5 Å². The van der Waals surface area contributed by atoms with Crippen molar-refractivity contribution < 1.29 is 9.53 Å². The Kier molecular flexibility index (Phi) is 6.58. The van der Waals surface area contributed by atoms with Gasteiger partial charge in [0, 0.05) is 11.3 Å². The number of ether oxygens (including phenoxy) is 1. The van der Waals surface area contributed by atoms with E-state index < -0.39 is 0 Å².